The van der Waals surface area contributed by atoms with Crippen LogP contribution >= 0.6 is 0 Å². The molecule has 1 saturated heterocycles. The second-order valence-electron chi connectivity index (χ2n) is 8.45. The second-order valence-corrected chi connectivity index (χ2v) is 10.2. The number of halogens is 4. The highest BCUT2D eigenvalue weighted by Crippen LogP contribution is 2.49. The van der Waals surface area contributed by atoms with Crippen LogP contribution in [0.2, 0.25) is 0 Å². The van der Waals surface area contributed by atoms with E-state index in [1.54, 1.807) is 0 Å². The van der Waals surface area contributed by atoms with Crippen LogP contribution in [-0.2, 0) is 21.2 Å². The molecule has 1 aliphatic heterocycles. The molecule has 2 aromatic rings. The molecule has 1 amide bonds. The van der Waals surface area contributed by atoms with Gasteiger partial charge in [-0.3, -0.25) is 4.79 Å². The number of sulfonamides is 1. The van der Waals surface area contributed by atoms with Crippen molar-refractivity contribution in [3.63, 3.8) is 0 Å². The Bertz CT molecular complexity index is 1150. The number of carbonyl (C=O) groups is 1. The smallest absolute Gasteiger partial charge is 0.257 e. The van der Waals surface area contributed by atoms with Gasteiger partial charge in [0.15, 0.2) is 6.17 Å². The van der Waals surface area contributed by atoms with Crippen molar-refractivity contribution < 1.29 is 30.8 Å². The minimum Gasteiger partial charge on any atom is -0.332 e. The van der Waals surface area contributed by atoms with Gasteiger partial charge < -0.3 is 4.90 Å². The van der Waals surface area contributed by atoms with Gasteiger partial charge in [-0.2, -0.15) is 0 Å². The average Bonchev–Trinajstić information content (AvgIpc) is 3.40. The van der Waals surface area contributed by atoms with E-state index in [0.29, 0.717) is 12.5 Å². The van der Waals surface area contributed by atoms with Crippen LogP contribution in [0.5, 0.6) is 0 Å². The van der Waals surface area contributed by atoms with Gasteiger partial charge in [-0.1, -0.05) is 18.2 Å². The maximum Gasteiger partial charge on any atom is 0.257 e. The molecular formula is C22H22F4N2O3S. The maximum absolute atomic E-state index is 15.4. The molecule has 1 saturated carbocycles. The minimum atomic E-state index is -3.64. The summed E-state index contributed by atoms with van der Waals surface area (Å²) in [7, 11) is -3.64. The van der Waals surface area contributed by atoms with E-state index >= 15 is 4.39 Å². The van der Waals surface area contributed by atoms with Crippen LogP contribution in [0.1, 0.15) is 18.9 Å². The summed E-state index contributed by atoms with van der Waals surface area (Å²) < 4.78 is 82.8. The number of alkyl halides is 1. The first-order chi connectivity index (χ1) is 15.0. The molecule has 32 heavy (non-hydrogen) atoms. The zero-order chi connectivity index (χ0) is 23.4. The Morgan fingerprint density at radius 3 is 2.44 bits per heavy atom. The van der Waals surface area contributed by atoms with E-state index in [9.17, 15) is 26.4 Å². The van der Waals surface area contributed by atoms with Gasteiger partial charge in [0.25, 0.3) is 5.91 Å². The Kier molecular flexibility index (Phi) is 5.79. The fourth-order valence-electron chi connectivity index (χ4n) is 4.68. The van der Waals surface area contributed by atoms with Gasteiger partial charge >= 0.3 is 0 Å². The third-order valence-electron chi connectivity index (χ3n) is 6.02. The monoisotopic (exact) mass is 470 g/mol. The second kappa shape index (κ2) is 8.15. The standard InChI is InChI=1S/C22H22F4N2O3S/c1-11(23)22(29)28-18-10-17(18)21(27-32(2,30)31)19(28)8-12-4-3-5-16(20(12)26)13-6-14(24)9-15(25)7-13/h3-7,9,11,17-19,21,27H,8,10H2,1-2H3/t11?,17-,18+,19+,21+/m1/s1. The summed E-state index contributed by atoms with van der Waals surface area (Å²) in [5.41, 5.74) is 0.101. The van der Waals surface area contributed by atoms with Crippen LogP contribution in [0, 0.1) is 23.4 Å². The fourth-order valence-corrected chi connectivity index (χ4v) is 5.50. The molecule has 2 fully saturated rings. The zero-order valence-corrected chi connectivity index (χ0v) is 18.2. The highest BCUT2D eigenvalue weighted by atomic mass is 32.2. The molecule has 5 nitrogen and oxygen atoms in total. The van der Waals surface area contributed by atoms with Crippen molar-refractivity contribution in [3.05, 3.63) is 59.4 Å². The topological polar surface area (TPSA) is 66.5 Å². The molecule has 0 aromatic heterocycles. The molecule has 10 heteroatoms. The van der Waals surface area contributed by atoms with E-state index < -0.39 is 51.6 Å². The van der Waals surface area contributed by atoms with Crippen molar-refractivity contribution in [3.8, 4) is 11.1 Å². The van der Waals surface area contributed by atoms with Crippen LogP contribution in [-0.4, -0.2) is 49.8 Å². The number of nitrogens with one attached hydrogen (secondary N) is 1. The first-order valence-electron chi connectivity index (χ1n) is 10.1. The molecule has 1 N–H and O–H groups in total. The molecule has 0 spiro atoms. The van der Waals surface area contributed by atoms with E-state index in [2.05, 4.69) is 4.72 Å². The van der Waals surface area contributed by atoms with Crippen LogP contribution in [0.15, 0.2) is 36.4 Å². The van der Waals surface area contributed by atoms with E-state index in [0.717, 1.165) is 25.3 Å². The average molecular weight is 470 g/mol. The number of hydrogen-bond acceptors (Lipinski definition) is 3. The lowest BCUT2D eigenvalue weighted by Gasteiger charge is -2.32. The van der Waals surface area contributed by atoms with Gasteiger partial charge in [-0.15, -0.1) is 0 Å². The van der Waals surface area contributed by atoms with Crippen LogP contribution < -0.4 is 4.72 Å². The normalized spacial score (nSPS) is 25.5. The fraction of sp³-hybridized carbons (Fsp3) is 0.409. The van der Waals surface area contributed by atoms with Gasteiger partial charge in [0, 0.05) is 23.7 Å². The molecule has 2 aromatic carbocycles. The third kappa shape index (κ3) is 4.38. The van der Waals surface area contributed by atoms with E-state index in [-0.39, 0.29) is 35.1 Å². The van der Waals surface area contributed by atoms with Crippen molar-refractivity contribution in [2.45, 2.75) is 44.1 Å². The Balaban J connectivity index is 1.71. The molecule has 1 heterocycles. The van der Waals surface area contributed by atoms with Crippen molar-refractivity contribution in [2.24, 2.45) is 5.92 Å². The van der Waals surface area contributed by atoms with Gasteiger partial charge in [-0.25, -0.2) is 30.7 Å². The first-order valence-corrected chi connectivity index (χ1v) is 12.0. The highest BCUT2D eigenvalue weighted by Gasteiger charge is 2.61. The van der Waals surface area contributed by atoms with Crippen molar-refractivity contribution >= 4 is 15.9 Å². The van der Waals surface area contributed by atoms with Crippen LogP contribution in [0.4, 0.5) is 17.6 Å². The largest absolute Gasteiger partial charge is 0.332 e. The molecule has 172 valence electrons. The quantitative estimate of drug-likeness (QED) is 0.660. The molecule has 1 aliphatic carbocycles. The number of benzene rings is 2. The van der Waals surface area contributed by atoms with E-state index in [1.165, 1.54) is 23.1 Å². The highest BCUT2D eigenvalue weighted by molar-refractivity contribution is 7.88. The Labute approximate surface area is 183 Å². The molecule has 0 radical (unpaired) electrons. The number of piperidine rings is 1. The molecule has 5 atom stereocenters. The summed E-state index contributed by atoms with van der Waals surface area (Å²) in [6, 6.07) is 5.23. The van der Waals surface area contributed by atoms with Crippen molar-refractivity contribution in [2.75, 3.05) is 6.26 Å². The lowest BCUT2D eigenvalue weighted by molar-refractivity contribution is -0.138. The first kappa shape index (κ1) is 22.7. The van der Waals surface area contributed by atoms with Gasteiger partial charge in [0.1, 0.15) is 17.5 Å². The Morgan fingerprint density at radius 1 is 1.19 bits per heavy atom. The Morgan fingerprint density at radius 2 is 1.84 bits per heavy atom. The number of nitrogens with zero attached hydrogens (tertiary/aromatic N) is 1. The van der Waals surface area contributed by atoms with Gasteiger partial charge in [0.2, 0.25) is 10.0 Å². The van der Waals surface area contributed by atoms with Gasteiger partial charge in [-0.05, 0) is 48.9 Å². The Hall–Kier alpha value is -2.46. The number of fused-ring (bicyclic) bond motifs is 1. The summed E-state index contributed by atoms with van der Waals surface area (Å²) in [5, 5.41) is 0. The van der Waals surface area contributed by atoms with Crippen LogP contribution in [0.25, 0.3) is 11.1 Å². The van der Waals surface area contributed by atoms with E-state index in [1.807, 2.05) is 0 Å². The maximum atomic E-state index is 15.4. The molecule has 1 unspecified atom stereocenters. The predicted molar refractivity (Wildman–Crippen MR) is 110 cm³/mol. The predicted octanol–water partition coefficient (Wildman–Crippen LogP) is 3.19. The SMILES string of the molecule is CC(F)C(=O)N1[C@H]2C[C@H]2[C@H](NS(C)(=O)=O)[C@@H]1Cc1cccc(-c2cc(F)cc(F)c2)c1F. The van der Waals surface area contributed by atoms with Crippen LogP contribution in [0.3, 0.4) is 0 Å². The zero-order valence-electron chi connectivity index (χ0n) is 17.4. The number of rotatable bonds is 6. The number of likely N-dealkylation sites (tertiary alicyclic amines) is 1. The van der Waals surface area contributed by atoms with E-state index in [4.69, 9.17) is 0 Å². The summed E-state index contributed by atoms with van der Waals surface area (Å²) in [5.74, 6) is -3.40. The molecule has 4 rings (SSSR count). The molecular weight excluding hydrogens is 448 g/mol. The number of hydrogen-bond donors (Lipinski definition) is 1. The van der Waals surface area contributed by atoms with Crippen molar-refractivity contribution in [1.29, 1.82) is 0 Å². The molecule has 2 aliphatic rings. The van der Waals surface area contributed by atoms with Gasteiger partial charge in [0.05, 0.1) is 12.3 Å². The summed E-state index contributed by atoms with van der Waals surface area (Å²) in [6.07, 6.45) is -0.352. The minimum absolute atomic E-state index is 0.00671. The lowest BCUT2D eigenvalue weighted by Crippen LogP contribution is -2.52. The summed E-state index contributed by atoms with van der Waals surface area (Å²) >= 11 is 0. The van der Waals surface area contributed by atoms with Crippen molar-refractivity contribution in [1.82, 2.24) is 9.62 Å². The summed E-state index contributed by atoms with van der Waals surface area (Å²) in [4.78, 5) is 13.9. The molecule has 0 bridgehead atoms. The lowest BCUT2D eigenvalue weighted by atomic mass is 9.94. The number of carbonyl (C=O) groups excluding carboxylic acids is 1. The summed E-state index contributed by atoms with van der Waals surface area (Å²) in [6.45, 7) is 1.10. The third-order valence-corrected chi connectivity index (χ3v) is 6.72. The number of amides is 1.